The molecule has 0 aliphatic carbocycles. The van der Waals surface area contributed by atoms with Gasteiger partial charge in [-0.3, -0.25) is 9.78 Å². The first-order valence-corrected chi connectivity index (χ1v) is 7.48. The minimum Gasteiger partial charge on any atom is -0.472 e. The summed E-state index contributed by atoms with van der Waals surface area (Å²) in [4.78, 5) is 15.8. The predicted molar refractivity (Wildman–Crippen MR) is 75.1 cm³/mol. The molecule has 0 saturated carbocycles. The SMILES string of the molecule is O=C(NS(=O)(=O)c1cccc2cnccc12)c1ccoc1. The van der Waals surface area contributed by atoms with Crippen molar-refractivity contribution >= 4 is 26.7 Å². The lowest BCUT2D eigenvalue weighted by Gasteiger charge is -2.08. The second-order valence-corrected chi connectivity index (χ2v) is 5.95. The Labute approximate surface area is 120 Å². The predicted octanol–water partition coefficient (Wildman–Crippen LogP) is 1.95. The fraction of sp³-hybridized carbons (Fsp3) is 0. The van der Waals surface area contributed by atoms with Crippen molar-refractivity contribution in [2.24, 2.45) is 0 Å². The van der Waals surface area contributed by atoms with E-state index in [1.807, 2.05) is 4.72 Å². The van der Waals surface area contributed by atoms with Gasteiger partial charge >= 0.3 is 0 Å². The lowest BCUT2D eigenvalue weighted by atomic mass is 10.2. The van der Waals surface area contributed by atoms with E-state index in [1.54, 1.807) is 24.4 Å². The van der Waals surface area contributed by atoms with E-state index in [4.69, 9.17) is 4.42 Å². The molecule has 3 rings (SSSR count). The highest BCUT2D eigenvalue weighted by molar-refractivity contribution is 7.90. The van der Waals surface area contributed by atoms with Crippen molar-refractivity contribution < 1.29 is 17.6 Å². The lowest BCUT2D eigenvalue weighted by molar-refractivity contribution is 0.0981. The van der Waals surface area contributed by atoms with E-state index in [2.05, 4.69) is 4.98 Å². The standard InChI is InChI=1S/C14H10N2O4S/c17-14(11-5-7-20-9-11)16-21(18,19)13-3-1-2-10-8-15-6-4-12(10)13/h1-9H,(H,16,17). The van der Waals surface area contributed by atoms with E-state index in [-0.39, 0.29) is 10.5 Å². The molecule has 0 spiro atoms. The summed E-state index contributed by atoms with van der Waals surface area (Å²) in [5.41, 5.74) is 0.139. The monoisotopic (exact) mass is 302 g/mol. The number of nitrogens with zero attached hydrogens (tertiary/aromatic N) is 1. The Morgan fingerprint density at radius 2 is 2.05 bits per heavy atom. The molecular weight excluding hydrogens is 292 g/mol. The van der Waals surface area contributed by atoms with Crippen molar-refractivity contribution in [3.8, 4) is 0 Å². The van der Waals surface area contributed by atoms with Gasteiger partial charge in [0.15, 0.2) is 0 Å². The van der Waals surface area contributed by atoms with Crippen LogP contribution in [-0.4, -0.2) is 19.3 Å². The van der Waals surface area contributed by atoms with E-state index in [1.165, 1.54) is 30.9 Å². The van der Waals surface area contributed by atoms with E-state index < -0.39 is 15.9 Å². The molecule has 1 amide bonds. The first-order valence-electron chi connectivity index (χ1n) is 6.00. The number of hydrogen-bond acceptors (Lipinski definition) is 5. The summed E-state index contributed by atoms with van der Waals surface area (Å²) >= 11 is 0. The van der Waals surface area contributed by atoms with Crippen molar-refractivity contribution in [1.29, 1.82) is 0 Å². The van der Waals surface area contributed by atoms with Gasteiger partial charge in [-0.25, -0.2) is 13.1 Å². The van der Waals surface area contributed by atoms with Crippen molar-refractivity contribution in [1.82, 2.24) is 9.71 Å². The Hall–Kier alpha value is -2.67. The summed E-state index contributed by atoms with van der Waals surface area (Å²) in [5, 5.41) is 1.18. The van der Waals surface area contributed by atoms with Crippen LogP contribution in [-0.2, 0) is 10.0 Å². The topological polar surface area (TPSA) is 89.3 Å². The summed E-state index contributed by atoms with van der Waals surface area (Å²) in [6.07, 6.45) is 5.54. The third kappa shape index (κ3) is 2.50. The lowest BCUT2D eigenvalue weighted by Crippen LogP contribution is -2.30. The van der Waals surface area contributed by atoms with Crippen LogP contribution in [0.3, 0.4) is 0 Å². The smallest absolute Gasteiger partial charge is 0.268 e. The molecule has 106 valence electrons. The molecule has 0 fully saturated rings. The molecule has 7 heteroatoms. The number of carbonyl (C=O) groups excluding carboxylic acids is 1. The van der Waals surface area contributed by atoms with Gasteiger partial charge in [-0.1, -0.05) is 12.1 Å². The summed E-state index contributed by atoms with van der Waals surface area (Å²) < 4.78 is 31.5. The van der Waals surface area contributed by atoms with Gasteiger partial charge < -0.3 is 4.42 Å². The van der Waals surface area contributed by atoms with Gasteiger partial charge in [-0.05, 0) is 18.2 Å². The molecule has 0 aliphatic rings. The minimum atomic E-state index is -3.98. The summed E-state index contributed by atoms with van der Waals surface area (Å²) in [7, 11) is -3.98. The van der Waals surface area contributed by atoms with Crippen LogP contribution < -0.4 is 4.72 Å². The first-order chi connectivity index (χ1) is 10.1. The molecule has 2 aromatic heterocycles. The van der Waals surface area contributed by atoms with Gasteiger partial charge in [-0.15, -0.1) is 0 Å². The van der Waals surface area contributed by atoms with Crippen LogP contribution in [0.4, 0.5) is 0 Å². The number of sulfonamides is 1. The molecule has 0 bridgehead atoms. The highest BCUT2D eigenvalue weighted by Crippen LogP contribution is 2.22. The number of amides is 1. The third-order valence-electron chi connectivity index (χ3n) is 2.94. The Bertz CT molecular complexity index is 896. The Kier molecular flexibility index (Phi) is 3.19. The van der Waals surface area contributed by atoms with Crippen LogP contribution in [0.15, 0.2) is 64.6 Å². The fourth-order valence-electron chi connectivity index (χ4n) is 1.96. The van der Waals surface area contributed by atoms with Gasteiger partial charge in [0.2, 0.25) is 0 Å². The maximum Gasteiger partial charge on any atom is 0.268 e. The number of aromatic nitrogens is 1. The highest BCUT2D eigenvalue weighted by atomic mass is 32.2. The van der Waals surface area contributed by atoms with Crippen molar-refractivity contribution in [3.05, 3.63) is 60.8 Å². The number of hydrogen-bond donors (Lipinski definition) is 1. The molecule has 2 heterocycles. The summed E-state index contributed by atoms with van der Waals surface area (Å²) in [6.45, 7) is 0. The van der Waals surface area contributed by atoms with Crippen LogP contribution in [0.5, 0.6) is 0 Å². The summed E-state index contributed by atoms with van der Waals surface area (Å²) in [6, 6.07) is 7.76. The normalized spacial score (nSPS) is 11.4. The average molecular weight is 302 g/mol. The number of fused-ring (bicyclic) bond motifs is 1. The molecule has 6 nitrogen and oxygen atoms in total. The number of furan rings is 1. The molecule has 3 aromatic rings. The van der Waals surface area contributed by atoms with Crippen LogP contribution in [0, 0.1) is 0 Å². The molecule has 0 saturated heterocycles. The van der Waals surface area contributed by atoms with Gasteiger partial charge in [0.05, 0.1) is 16.7 Å². The van der Waals surface area contributed by atoms with Crippen molar-refractivity contribution in [2.45, 2.75) is 4.90 Å². The number of pyridine rings is 1. The number of nitrogens with one attached hydrogen (secondary N) is 1. The molecule has 1 aromatic carbocycles. The quantitative estimate of drug-likeness (QED) is 0.798. The molecule has 0 unspecified atom stereocenters. The van der Waals surface area contributed by atoms with Gasteiger partial charge in [0, 0.05) is 23.2 Å². The van der Waals surface area contributed by atoms with Crippen LogP contribution in [0.25, 0.3) is 10.8 Å². The first kappa shape index (κ1) is 13.3. The maximum atomic E-state index is 12.4. The number of carbonyl (C=O) groups is 1. The van der Waals surface area contributed by atoms with E-state index >= 15 is 0 Å². The highest BCUT2D eigenvalue weighted by Gasteiger charge is 2.21. The van der Waals surface area contributed by atoms with Crippen LogP contribution in [0.2, 0.25) is 0 Å². The van der Waals surface area contributed by atoms with E-state index in [0.29, 0.717) is 10.8 Å². The molecule has 21 heavy (non-hydrogen) atoms. The maximum absolute atomic E-state index is 12.4. The van der Waals surface area contributed by atoms with Crippen LogP contribution in [0.1, 0.15) is 10.4 Å². The zero-order chi connectivity index (χ0) is 14.9. The average Bonchev–Trinajstić information content (AvgIpc) is 3.00. The second kappa shape index (κ2) is 5.02. The molecule has 0 aliphatic heterocycles. The summed E-state index contributed by atoms with van der Waals surface area (Å²) in [5.74, 6) is -0.741. The molecule has 0 radical (unpaired) electrons. The number of rotatable bonds is 3. The third-order valence-corrected chi connectivity index (χ3v) is 4.33. The molecule has 0 atom stereocenters. The zero-order valence-electron chi connectivity index (χ0n) is 10.7. The van der Waals surface area contributed by atoms with Crippen molar-refractivity contribution in [2.75, 3.05) is 0 Å². The minimum absolute atomic E-state index is 0.0271. The second-order valence-electron chi connectivity index (χ2n) is 4.30. The van der Waals surface area contributed by atoms with Crippen molar-refractivity contribution in [3.63, 3.8) is 0 Å². The Morgan fingerprint density at radius 3 is 2.81 bits per heavy atom. The van der Waals surface area contributed by atoms with Gasteiger partial charge in [-0.2, -0.15) is 0 Å². The zero-order valence-corrected chi connectivity index (χ0v) is 11.5. The van der Waals surface area contributed by atoms with Gasteiger partial charge in [0.25, 0.3) is 15.9 Å². The fourth-order valence-corrected chi connectivity index (χ4v) is 3.16. The largest absolute Gasteiger partial charge is 0.472 e. The Morgan fingerprint density at radius 1 is 1.19 bits per heavy atom. The van der Waals surface area contributed by atoms with Crippen LogP contribution >= 0.6 is 0 Å². The van der Waals surface area contributed by atoms with E-state index in [0.717, 1.165) is 0 Å². The molecular formula is C14H10N2O4S. The Balaban J connectivity index is 2.03. The number of benzene rings is 1. The van der Waals surface area contributed by atoms with E-state index in [9.17, 15) is 13.2 Å². The van der Waals surface area contributed by atoms with Gasteiger partial charge in [0.1, 0.15) is 6.26 Å². The molecule has 1 N–H and O–H groups in total.